The van der Waals surface area contributed by atoms with E-state index in [1.54, 1.807) is 4.90 Å². The average molecular weight is 384 g/mol. The number of carbonyl (C=O) groups is 1. The van der Waals surface area contributed by atoms with E-state index in [1.165, 1.54) is 6.07 Å². The van der Waals surface area contributed by atoms with Crippen LogP contribution in [-0.4, -0.2) is 45.2 Å². The highest BCUT2D eigenvalue weighted by molar-refractivity contribution is 5.94. The fourth-order valence-electron chi connectivity index (χ4n) is 3.59. The minimum Gasteiger partial charge on any atom is -0.339 e. The van der Waals surface area contributed by atoms with Crippen molar-refractivity contribution in [3.8, 4) is 0 Å². The van der Waals surface area contributed by atoms with Crippen LogP contribution in [0.1, 0.15) is 40.8 Å². The average Bonchev–Trinajstić information content (AvgIpc) is 3.05. The first-order valence-electron chi connectivity index (χ1n) is 8.50. The summed E-state index contributed by atoms with van der Waals surface area (Å²) >= 11 is 0. The van der Waals surface area contributed by atoms with Crippen molar-refractivity contribution in [3.05, 3.63) is 47.0 Å². The maximum absolute atomic E-state index is 13.8. The topological polar surface area (TPSA) is 63.1 Å². The summed E-state index contributed by atoms with van der Waals surface area (Å²) in [6.45, 7) is 3.55. The van der Waals surface area contributed by atoms with Crippen LogP contribution in [0.2, 0.25) is 0 Å². The number of halogens is 3. The van der Waals surface area contributed by atoms with Gasteiger partial charge < -0.3 is 14.8 Å². The largest absolute Gasteiger partial charge is 0.339 e. The highest BCUT2D eigenvalue weighted by atomic mass is 35.5. The molecule has 0 atom stereocenters. The Labute approximate surface area is 156 Å². The number of hydrogen-bond donors (Lipinski definition) is 1. The third-order valence-electron chi connectivity index (χ3n) is 4.96. The number of carbonyl (C=O) groups excluding carboxylic acids is 1. The Bertz CT molecular complexity index is 804. The van der Waals surface area contributed by atoms with Crippen LogP contribution in [0, 0.1) is 11.6 Å². The lowest BCUT2D eigenvalue weighted by atomic mass is 9.95. The van der Waals surface area contributed by atoms with Gasteiger partial charge in [-0.15, -0.1) is 22.6 Å². The number of fused-ring (bicyclic) bond motifs is 1. The second-order valence-electron chi connectivity index (χ2n) is 6.49. The van der Waals surface area contributed by atoms with Gasteiger partial charge in [0.1, 0.15) is 23.3 Å². The summed E-state index contributed by atoms with van der Waals surface area (Å²) in [4.78, 5) is 14.1. The summed E-state index contributed by atoms with van der Waals surface area (Å²) in [6.07, 6.45) is 1.53. The van der Waals surface area contributed by atoms with Gasteiger partial charge in [-0.25, -0.2) is 8.78 Å². The fraction of sp³-hybridized carbons (Fsp3) is 0.471. The van der Waals surface area contributed by atoms with Gasteiger partial charge in [-0.3, -0.25) is 4.79 Å². The molecule has 1 fully saturated rings. The first-order valence-corrected chi connectivity index (χ1v) is 8.50. The van der Waals surface area contributed by atoms with E-state index >= 15 is 0 Å². The van der Waals surface area contributed by atoms with E-state index in [9.17, 15) is 13.6 Å². The number of rotatable bonds is 2. The smallest absolute Gasteiger partial charge is 0.256 e. The monoisotopic (exact) mass is 383 g/mol. The van der Waals surface area contributed by atoms with Gasteiger partial charge in [-0.05, 0) is 25.0 Å². The Hall–Kier alpha value is -2.06. The van der Waals surface area contributed by atoms with Crippen molar-refractivity contribution in [3.63, 3.8) is 0 Å². The molecule has 0 unspecified atom stereocenters. The van der Waals surface area contributed by atoms with Crippen LogP contribution in [0.15, 0.2) is 18.2 Å². The summed E-state index contributed by atoms with van der Waals surface area (Å²) < 4.78 is 29.0. The van der Waals surface area contributed by atoms with Crippen molar-refractivity contribution in [2.45, 2.75) is 31.8 Å². The molecule has 6 nitrogen and oxygen atoms in total. The summed E-state index contributed by atoms with van der Waals surface area (Å²) in [7, 11) is 0. The van der Waals surface area contributed by atoms with E-state index in [4.69, 9.17) is 0 Å². The molecule has 3 heterocycles. The van der Waals surface area contributed by atoms with Crippen LogP contribution in [0.5, 0.6) is 0 Å². The van der Waals surface area contributed by atoms with Gasteiger partial charge in [0.05, 0.1) is 12.1 Å². The molecule has 2 aliphatic rings. The molecule has 0 saturated carbocycles. The van der Waals surface area contributed by atoms with Crippen LogP contribution in [0.25, 0.3) is 0 Å². The van der Waals surface area contributed by atoms with Gasteiger partial charge in [0.15, 0.2) is 0 Å². The van der Waals surface area contributed by atoms with Gasteiger partial charge in [0.25, 0.3) is 5.91 Å². The van der Waals surface area contributed by atoms with E-state index in [2.05, 4.69) is 20.1 Å². The molecule has 9 heteroatoms. The highest BCUT2D eigenvalue weighted by Crippen LogP contribution is 2.28. The zero-order chi connectivity index (χ0) is 17.4. The van der Waals surface area contributed by atoms with Crippen molar-refractivity contribution in [2.75, 3.05) is 19.6 Å². The van der Waals surface area contributed by atoms with Crippen molar-refractivity contribution >= 4 is 18.3 Å². The normalized spacial score (nSPS) is 17.5. The molecule has 1 N–H and O–H groups in total. The second kappa shape index (κ2) is 7.67. The van der Waals surface area contributed by atoms with Crippen LogP contribution in [0.4, 0.5) is 8.78 Å². The standard InChI is InChI=1S/C17H19F2N5O.ClH/c18-12-1-2-13(14(19)9-12)17(25)23-6-3-11(4-7-23)16-22-21-15-10-20-5-8-24(15)16;/h1-2,9,11,20H,3-8,10H2;1H. The Kier molecular flexibility index (Phi) is 5.52. The SMILES string of the molecule is Cl.O=C(c1ccc(F)cc1F)N1CCC(c2nnc3n2CCNC3)CC1. The fourth-order valence-corrected chi connectivity index (χ4v) is 3.59. The van der Waals surface area contributed by atoms with Crippen LogP contribution in [0.3, 0.4) is 0 Å². The van der Waals surface area contributed by atoms with Crippen molar-refractivity contribution < 1.29 is 13.6 Å². The van der Waals surface area contributed by atoms with Gasteiger partial charge in [0, 0.05) is 38.2 Å². The molecule has 1 aromatic carbocycles. The molecule has 2 aliphatic heterocycles. The van der Waals surface area contributed by atoms with Crippen LogP contribution < -0.4 is 5.32 Å². The van der Waals surface area contributed by atoms with Gasteiger partial charge in [-0.1, -0.05) is 0 Å². The molecule has 26 heavy (non-hydrogen) atoms. The molecule has 0 aliphatic carbocycles. The summed E-state index contributed by atoms with van der Waals surface area (Å²) in [5.74, 6) is 0.305. The predicted octanol–water partition coefficient (Wildman–Crippen LogP) is 2.10. The number of likely N-dealkylation sites (tertiary alicyclic amines) is 1. The lowest BCUT2D eigenvalue weighted by Crippen LogP contribution is -2.39. The van der Waals surface area contributed by atoms with E-state index in [-0.39, 0.29) is 29.8 Å². The van der Waals surface area contributed by atoms with Crippen molar-refractivity contribution in [1.82, 2.24) is 25.0 Å². The minimum atomic E-state index is -0.814. The number of hydrogen-bond acceptors (Lipinski definition) is 4. The molecular formula is C17H20ClF2N5O. The number of piperidine rings is 1. The first kappa shape index (κ1) is 18.7. The minimum absolute atomic E-state index is 0. The molecule has 4 rings (SSSR count). The maximum atomic E-state index is 13.8. The number of aromatic nitrogens is 3. The number of nitrogens with zero attached hydrogens (tertiary/aromatic N) is 4. The van der Waals surface area contributed by atoms with Crippen molar-refractivity contribution in [1.29, 1.82) is 0 Å². The number of nitrogens with one attached hydrogen (secondary N) is 1. The summed E-state index contributed by atoms with van der Waals surface area (Å²) in [6, 6.07) is 3.07. The second-order valence-corrected chi connectivity index (χ2v) is 6.49. The first-order chi connectivity index (χ1) is 12.1. The van der Waals surface area contributed by atoms with Crippen LogP contribution >= 0.6 is 12.4 Å². The third kappa shape index (κ3) is 3.43. The molecule has 0 spiro atoms. The zero-order valence-corrected chi connectivity index (χ0v) is 14.9. The lowest BCUT2D eigenvalue weighted by Gasteiger charge is -2.32. The number of benzene rings is 1. The highest BCUT2D eigenvalue weighted by Gasteiger charge is 2.29. The summed E-state index contributed by atoms with van der Waals surface area (Å²) in [5.41, 5.74) is -0.0780. The molecule has 0 radical (unpaired) electrons. The Morgan fingerprint density at radius 1 is 1.15 bits per heavy atom. The van der Waals surface area contributed by atoms with Crippen LogP contribution in [-0.2, 0) is 13.1 Å². The third-order valence-corrected chi connectivity index (χ3v) is 4.96. The maximum Gasteiger partial charge on any atom is 0.256 e. The van der Waals surface area contributed by atoms with E-state index in [0.717, 1.165) is 56.3 Å². The summed E-state index contributed by atoms with van der Waals surface area (Å²) in [5, 5.41) is 11.8. The Balaban J connectivity index is 0.00000196. The number of amides is 1. The zero-order valence-electron chi connectivity index (χ0n) is 14.1. The van der Waals surface area contributed by atoms with E-state index in [0.29, 0.717) is 13.1 Å². The van der Waals surface area contributed by atoms with Crippen molar-refractivity contribution in [2.24, 2.45) is 0 Å². The Morgan fingerprint density at radius 3 is 2.65 bits per heavy atom. The lowest BCUT2D eigenvalue weighted by molar-refractivity contribution is 0.0705. The van der Waals surface area contributed by atoms with Gasteiger partial charge >= 0.3 is 0 Å². The molecule has 140 valence electrons. The molecule has 2 aromatic rings. The quantitative estimate of drug-likeness (QED) is 0.862. The molecule has 0 bridgehead atoms. The Morgan fingerprint density at radius 2 is 1.92 bits per heavy atom. The molecule has 1 saturated heterocycles. The molecular weight excluding hydrogens is 364 g/mol. The van der Waals surface area contributed by atoms with E-state index in [1.807, 2.05) is 0 Å². The van der Waals surface area contributed by atoms with Gasteiger partial charge in [0.2, 0.25) is 0 Å². The molecule has 1 aromatic heterocycles. The predicted molar refractivity (Wildman–Crippen MR) is 93.2 cm³/mol. The van der Waals surface area contributed by atoms with Gasteiger partial charge in [-0.2, -0.15) is 0 Å². The van der Waals surface area contributed by atoms with E-state index < -0.39 is 11.6 Å². The molecule has 1 amide bonds.